The van der Waals surface area contributed by atoms with Crippen LogP contribution in [0.5, 0.6) is 11.6 Å². The van der Waals surface area contributed by atoms with Crippen molar-refractivity contribution in [2.75, 3.05) is 0 Å². The van der Waals surface area contributed by atoms with Gasteiger partial charge in [-0.25, -0.2) is 4.98 Å². The molecule has 3 rings (SSSR count). The molecule has 0 aliphatic carbocycles. The van der Waals surface area contributed by atoms with Gasteiger partial charge in [0, 0.05) is 23.7 Å². The SMILES string of the molecule is Brc1cccc(Oc2ccc3cccnc3c2)n1. The lowest BCUT2D eigenvalue weighted by Gasteiger charge is -2.05. The highest BCUT2D eigenvalue weighted by Gasteiger charge is 2.01. The van der Waals surface area contributed by atoms with E-state index in [0.29, 0.717) is 5.88 Å². The van der Waals surface area contributed by atoms with E-state index < -0.39 is 0 Å². The van der Waals surface area contributed by atoms with Gasteiger partial charge in [-0.15, -0.1) is 0 Å². The highest BCUT2D eigenvalue weighted by Crippen LogP contribution is 2.24. The molecule has 4 heteroatoms. The van der Waals surface area contributed by atoms with Crippen LogP contribution in [-0.4, -0.2) is 9.97 Å². The molecule has 0 unspecified atom stereocenters. The standard InChI is InChI=1S/C14H9BrN2O/c15-13-4-1-5-14(17-13)18-11-7-6-10-3-2-8-16-12(10)9-11/h1-9H. The molecule has 0 saturated heterocycles. The van der Waals surface area contributed by atoms with Crippen molar-refractivity contribution in [3.63, 3.8) is 0 Å². The Morgan fingerprint density at radius 3 is 2.83 bits per heavy atom. The van der Waals surface area contributed by atoms with E-state index >= 15 is 0 Å². The van der Waals surface area contributed by atoms with Crippen molar-refractivity contribution in [3.05, 3.63) is 59.3 Å². The number of halogens is 1. The average molecular weight is 301 g/mol. The molecular formula is C14H9BrN2O. The lowest BCUT2D eigenvalue weighted by atomic mass is 10.2. The highest BCUT2D eigenvalue weighted by atomic mass is 79.9. The molecule has 2 heterocycles. The molecule has 3 nitrogen and oxygen atoms in total. The van der Waals surface area contributed by atoms with Crippen LogP contribution in [0.1, 0.15) is 0 Å². The van der Waals surface area contributed by atoms with Gasteiger partial charge >= 0.3 is 0 Å². The smallest absolute Gasteiger partial charge is 0.220 e. The fraction of sp³-hybridized carbons (Fsp3) is 0. The summed E-state index contributed by atoms with van der Waals surface area (Å²) < 4.78 is 6.44. The van der Waals surface area contributed by atoms with Crippen molar-refractivity contribution < 1.29 is 4.74 Å². The van der Waals surface area contributed by atoms with Crippen LogP contribution >= 0.6 is 15.9 Å². The molecule has 88 valence electrons. The molecule has 2 aromatic heterocycles. The molecule has 3 aromatic rings. The second kappa shape index (κ2) is 4.74. The normalized spacial score (nSPS) is 10.5. The first-order valence-electron chi connectivity index (χ1n) is 5.46. The molecule has 0 fully saturated rings. The highest BCUT2D eigenvalue weighted by molar-refractivity contribution is 9.10. The number of hydrogen-bond acceptors (Lipinski definition) is 3. The Morgan fingerprint density at radius 1 is 1.00 bits per heavy atom. The quantitative estimate of drug-likeness (QED) is 0.666. The van der Waals surface area contributed by atoms with Crippen molar-refractivity contribution in [2.45, 2.75) is 0 Å². The second-order valence-electron chi connectivity index (χ2n) is 3.76. The number of benzene rings is 1. The summed E-state index contributed by atoms with van der Waals surface area (Å²) in [7, 11) is 0. The van der Waals surface area contributed by atoms with Gasteiger partial charge < -0.3 is 4.74 Å². The van der Waals surface area contributed by atoms with Crippen molar-refractivity contribution in [2.24, 2.45) is 0 Å². The zero-order valence-corrected chi connectivity index (χ0v) is 11.0. The maximum Gasteiger partial charge on any atom is 0.220 e. The van der Waals surface area contributed by atoms with Crippen molar-refractivity contribution in [3.8, 4) is 11.6 Å². The van der Waals surface area contributed by atoms with Gasteiger partial charge in [0.2, 0.25) is 5.88 Å². The number of ether oxygens (including phenoxy) is 1. The Morgan fingerprint density at radius 2 is 1.94 bits per heavy atom. The van der Waals surface area contributed by atoms with Gasteiger partial charge in [-0.1, -0.05) is 12.1 Å². The Kier molecular flexibility index (Phi) is 2.94. The molecule has 0 amide bonds. The van der Waals surface area contributed by atoms with Gasteiger partial charge in [0.1, 0.15) is 10.4 Å². The summed E-state index contributed by atoms with van der Waals surface area (Å²) in [5, 5.41) is 1.09. The Bertz CT molecular complexity index is 700. The monoisotopic (exact) mass is 300 g/mol. The van der Waals surface area contributed by atoms with Crippen LogP contribution < -0.4 is 4.74 Å². The van der Waals surface area contributed by atoms with E-state index in [0.717, 1.165) is 21.3 Å². The fourth-order valence-corrected chi connectivity index (χ4v) is 2.00. The first-order chi connectivity index (χ1) is 8.81. The van der Waals surface area contributed by atoms with E-state index in [2.05, 4.69) is 25.9 Å². The third-order valence-electron chi connectivity index (χ3n) is 2.49. The summed E-state index contributed by atoms with van der Waals surface area (Å²) in [5.41, 5.74) is 0.907. The number of pyridine rings is 2. The van der Waals surface area contributed by atoms with Gasteiger partial charge in [-0.2, -0.15) is 0 Å². The predicted octanol–water partition coefficient (Wildman–Crippen LogP) is 4.18. The number of hydrogen-bond donors (Lipinski definition) is 0. The van der Waals surface area contributed by atoms with E-state index in [1.54, 1.807) is 6.20 Å². The molecule has 1 aromatic carbocycles. The molecule has 0 atom stereocenters. The molecule has 0 aliphatic rings. The molecule has 0 aliphatic heterocycles. The largest absolute Gasteiger partial charge is 0.439 e. The summed E-state index contributed by atoms with van der Waals surface area (Å²) in [6, 6.07) is 15.3. The summed E-state index contributed by atoms with van der Waals surface area (Å²) >= 11 is 3.31. The molecule has 0 saturated carbocycles. The van der Waals surface area contributed by atoms with Crippen LogP contribution in [0.3, 0.4) is 0 Å². The van der Waals surface area contributed by atoms with Gasteiger partial charge in [0.25, 0.3) is 0 Å². The Hall–Kier alpha value is -1.94. The molecule has 0 spiro atoms. The summed E-state index contributed by atoms with van der Waals surface area (Å²) in [5.74, 6) is 1.28. The van der Waals surface area contributed by atoms with Crippen LogP contribution in [0.4, 0.5) is 0 Å². The maximum atomic E-state index is 5.69. The van der Waals surface area contributed by atoms with Gasteiger partial charge in [-0.05, 0) is 40.2 Å². The molecule has 18 heavy (non-hydrogen) atoms. The van der Waals surface area contributed by atoms with E-state index in [1.165, 1.54) is 0 Å². The second-order valence-corrected chi connectivity index (χ2v) is 4.57. The molecule has 0 bridgehead atoms. The van der Waals surface area contributed by atoms with Crippen molar-refractivity contribution >= 4 is 26.8 Å². The number of aromatic nitrogens is 2. The Balaban J connectivity index is 1.95. The number of nitrogens with zero attached hydrogens (tertiary/aromatic N) is 2. The lowest BCUT2D eigenvalue weighted by Crippen LogP contribution is -1.88. The minimum atomic E-state index is 0.555. The minimum absolute atomic E-state index is 0.555. The zero-order chi connectivity index (χ0) is 12.4. The minimum Gasteiger partial charge on any atom is -0.439 e. The third kappa shape index (κ3) is 2.33. The predicted molar refractivity (Wildman–Crippen MR) is 73.8 cm³/mol. The number of fused-ring (bicyclic) bond motifs is 1. The number of rotatable bonds is 2. The van der Waals surface area contributed by atoms with Crippen LogP contribution in [-0.2, 0) is 0 Å². The maximum absolute atomic E-state index is 5.69. The lowest BCUT2D eigenvalue weighted by molar-refractivity contribution is 0.462. The molecule has 0 N–H and O–H groups in total. The fourth-order valence-electron chi connectivity index (χ4n) is 1.68. The molecule has 0 radical (unpaired) electrons. The first-order valence-corrected chi connectivity index (χ1v) is 6.26. The van der Waals surface area contributed by atoms with Crippen LogP contribution in [0, 0.1) is 0 Å². The zero-order valence-electron chi connectivity index (χ0n) is 9.38. The van der Waals surface area contributed by atoms with E-state index in [1.807, 2.05) is 48.5 Å². The van der Waals surface area contributed by atoms with Crippen LogP contribution in [0.25, 0.3) is 10.9 Å². The summed E-state index contributed by atoms with van der Waals surface area (Å²) in [6.07, 6.45) is 1.77. The third-order valence-corrected chi connectivity index (χ3v) is 2.93. The van der Waals surface area contributed by atoms with Crippen molar-refractivity contribution in [1.82, 2.24) is 9.97 Å². The van der Waals surface area contributed by atoms with Gasteiger partial charge in [0.05, 0.1) is 5.52 Å². The van der Waals surface area contributed by atoms with Crippen molar-refractivity contribution in [1.29, 1.82) is 0 Å². The summed E-state index contributed by atoms with van der Waals surface area (Å²) in [6.45, 7) is 0. The first kappa shape index (κ1) is 11.2. The van der Waals surface area contributed by atoms with E-state index in [4.69, 9.17) is 4.74 Å². The van der Waals surface area contributed by atoms with Crippen LogP contribution in [0.2, 0.25) is 0 Å². The Labute approximate surface area is 113 Å². The topological polar surface area (TPSA) is 35.0 Å². The summed E-state index contributed by atoms with van der Waals surface area (Å²) in [4.78, 5) is 8.51. The van der Waals surface area contributed by atoms with Crippen LogP contribution in [0.15, 0.2) is 59.3 Å². The van der Waals surface area contributed by atoms with Gasteiger partial charge in [0.15, 0.2) is 0 Å². The average Bonchev–Trinajstić information content (AvgIpc) is 2.39. The molecular weight excluding hydrogens is 292 g/mol. The van der Waals surface area contributed by atoms with E-state index in [-0.39, 0.29) is 0 Å². The van der Waals surface area contributed by atoms with Gasteiger partial charge in [-0.3, -0.25) is 4.98 Å². The van der Waals surface area contributed by atoms with E-state index in [9.17, 15) is 0 Å².